The average Bonchev–Trinajstić information content (AvgIpc) is 2.65. The van der Waals surface area contributed by atoms with Crippen LogP contribution in [0.1, 0.15) is 10.7 Å². The number of rotatable bonds is 3. The molecule has 0 aliphatic carbocycles. The van der Waals surface area contributed by atoms with E-state index in [1.54, 1.807) is 11.3 Å². The molecule has 0 radical (unpaired) electrons. The SMILES string of the molecule is Cc1nc(CN(C)c2ccc(N)cc2)cs1. The van der Waals surface area contributed by atoms with Crippen molar-refractivity contribution in [3.8, 4) is 0 Å². The molecule has 3 nitrogen and oxygen atoms in total. The number of nitrogen functional groups attached to an aromatic ring is 1. The molecule has 0 unspecified atom stereocenters. The molecule has 0 saturated carbocycles. The maximum atomic E-state index is 5.65. The molecular formula is C12H15N3S. The zero-order valence-corrected chi connectivity index (χ0v) is 10.3. The van der Waals surface area contributed by atoms with Crippen molar-refractivity contribution in [1.29, 1.82) is 0 Å². The van der Waals surface area contributed by atoms with Crippen LogP contribution in [0.5, 0.6) is 0 Å². The Kier molecular flexibility index (Phi) is 3.10. The van der Waals surface area contributed by atoms with E-state index in [1.165, 1.54) is 0 Å². The van der Waals surface area contributed by atoms with Crippen LogP contribution in [0, 0.1) is 6.92 Å². The van der Waals surface area contributed by atoms with Crippen LogP contribution in [-0.2, 0) is 6.54 Å². The van der Waals surface area contributed by atoms with Crippen molar-refractivity contribution >= 4 is 22.7 Å². The van der Waals surface area contributed by atoms with E-state index in [9.17, 15) is 0 Å². The third kappa shape index (κ3) is 2.52. The van der Waals surface area contributed by atoms with Crippen molar-refractivity contribution in [3.63, 3.8) is 0 Å². The molecule has 1 aromatic heterocycles. The first kappa shape index (κ1) is 11.0. The molecule has 0 saturated heterocycles. The van der Waals surface area contributed by atoms with Crippen molar-refractivity contribution in [2.45, 2.75) is 13.5 Å². The van der Waals surface area contributed by atoms with Gasteiger partial charge < -0.3 is 10.6 Å². The van der Waals surface area contributed by atoms with Gasteiger partial charge in [-0.25, -0.2) is 4.98 Å². The lowest BCUT2D eigenvalue weighted by Crippen LogP contribution is -2.16. The highest BCUT2D eigenvalue weighted by Crippen LogP contribution is 2.18. The molecule has 0 spiro atoms. The lowest BCUT2D eigenvalue weighted by molar-refractivity contribution is 0.890. The zero-order valence-electron chi connectivity index (χ0n) is 9.47. The first-order chi connectivity index (χ1) is 7.65. The van der Waals surface area contributed by atoms with E-state index < -0.39 is 0 Å². The smallest absolute Gasteiger partial charge is 0.0898 e. The number of aryl methyl sites for hydroxylation is 1. The van der Waals surface area contributed by atoms with Crippen LogP contribution in [0.15, 0.2) is 29.6 Å². The van der Waals surface area contributed by atoms with Crippen LogP contribution in [0.4, 0.5) is 11.4 Å². The number of nitrogens with two attached hydrogens (primary N) is 1. The summed E-state index contributed by atoms with van der Waals surface area (Å²) >= 11 is 1.69. The molecule has 0 atom stereocenters. The fraction of sp³-hybridized carbons (Fsp3) is 0.250. The molecule has 1 aromatic carbocycles. The van der Waals surface area contributed by atoms with Gasteiger partial charge in [0, 0.05) is 23.8 Å². The quantitative estimate of drug-likeness (QED) is 0.829. The number of hydrogen-bond donors (Lipinski definition) is 1. The number of anilines is 2. The zero-order chi connectivity index (χ0) is 11.5. The Labute approximate surface area is 99.5 Å². The van der Waals surface area contributed by atoms with E-state index in [4.69, 9.17) is 5.73 Å². The van der Waals surface area contributed by atoms with Crippen LogP contribution < -0.4 is 10.6 Å². The summed E-state index contributed by atoms with van der Waals surface area (Å²) in [5.41, 5.74) is 8.71. The summed E-state index contributed by atoms with van der Waals surface area (Å²) in [6.45, 7) is 2.85. The van der Waals surface area contributed by atoms with Crippen LogP contribution in [-0.4, -0.2) is 12.0 Å². The predicted octanol–water partition coefficient (Wildman–Crippen LogP) is 2.67. The van der Waals surface area contributed by atoms with Gasteiger partial charge in [0.2, 0.25) is 0 Å². The average molecular weight is 233 g/mol. The fourth-order valence-corrected chi connectivity index (χ4v) is 2.15. The Morgan fingerprint density at radius 1 is 1.31 bits per heavy atom. The summed E-state index contributed by atoms with van der Waals surface area (Å²) in [4.78, 5) is 6.61. The molecule has 0 fully saturated rings. The molecule has 0 bridgehead atoms. The Balaban J connectivity index is 2.08. The lowest BCUT2D eigenvalue weighted by atomic mass is 10.2. The van der Waals surface area contributed by atoms with Gasteiger partial charge in [-0.05, 0) is 31.2 Å². The second-order valence-corrected chi connectivity index (χ2v) is 4.87. The minimum absolute atomic E-state index is 0.793. The molecule has 16 heavy (non-hydrogen) atoms. The number of nitrogens with zero attached hydrogens (tertiary/aromatic N) is 2. The van der Waals surface area contributed by atoms with E-state index in [-0.39, 0.29) is 0 Å². The van der Waals surface area contributed by atoms with Crippen LogP contribution in [0.2, 0.25) is 0 Å². The molecule has 0 amide bonds. The van der Waals surface area contributed by atoms with E-state index in [0.29, 0.717) is 0 Å². The van der Waals surface area contributed by atoms with Crippen LogP contribution in [0.25, 0.3) is 0 Å². The van der Waals surface area contributed by atoms with Gasteiger partial charge >= 0.3 is 0 Å². The minimum Gasteiger partial charge on any atom is -0.399 e. The first-order valence-corrected chi connectivity index (χ1v) is 6.01. The fourth-order valence-electron chi connectivity index (χ4n) is 1.54. The summed E-state index contributed by atoms with van der Waals surface area (Å²) in [5.74, 6) is 0. The maximum absolute atomic E-state index is 5.65. The molecule has 2 rings (SSSR count). The maximum Gasteiger partial charge on any atom is 0.0898 e. The molecule has 2 aromatic rings. The Bertz CT molecular complexity index is 461. The standard InChI is InChI=1S/C12H15N3S/c1-9-14-11(8-16-9)7-15(2)12-5-3-10(13)4-6-12/h3-6,8H,7,13H2,1-2H3. The van der Waals surface area contributed by atoms with E-state index in [2.05, 4.69) is 22.3 Å². The third-order valence-electron chi connectivity index (χ3n) is 2.40. The largest absolute Gasteiger partial charge is 0.399 e. The number of aromatic nitrogens is 1. The highest BCUT2D eigenvalue weighted by atomic mass is 32.1. The minimum atomic E-state index is 0.793. The predicted molar refractivity (Wildman–Crippen MR) is 69.8 cm³/mol. The molecule has 1 heterocycles. The van der Waals surface area contributed by atoms with Crippen molar-refractivity contribution in [3.05, 3.63) is 40.3 Å². The van der Waals surface area contributed by atoms with Gasteiger partial charge in [0.1, 0.15) is 0 Å². The summed E-state index contributed by atoms with van der Waals surface area (Å²) in [6, 6.07) is 7.87. The second-order valence-electron chi connectivity index (χ2n) is 3.81. The van der Waals surface area contributed by atoms with Gasteiger partial charge in [-0.15, -0.1) is 11.3 Å². The van der Waals surface area contributed by atoms with Gasteiger partial charge in [-0.1, -0.05) is 0 Å². The Hall–Kier alpha value is -1.55. The molecule has 84 valence electrons. The molecule has 4 heteroatoms. The number of thiazole rings is 1. The van der Waals surface area contributed by atoms with Gasteiger partial charge in [0.25, 0.3) is 0 Å². The van der Waals surface area contributed by atoms with E-state index in [1.807, 2.05) is 31.2 Å². The van der Waals surface area contributed by atoms with E-state index >= 15 is 0 Å². The van der Waals surface area contributed by atoms with Gasteiger partial charge in [0.05, 0.1) is 17.2 Å². The van der Waals surface area contributed by atoms with Crippen molar-refractivity contribution < 1.29 is 0 Å². The van der Waals surface area contributed by atoms with Gasteiger partial charge in [-0.3, -0.25) is 0 Å². The number of hydrogen-bond acceptors (Lipinski definition) is 4. The topological polar surface area (TPSA) is 42.2 Å². The number of benzene rings is 1. The van der Waals surface area contributed by atoms with Gasteiger partial charge in [-0.2, -0.15) is 0 Å². The highest BCUT2D eigenvalue weighted by Gasteiger charge is 2.04. The molecular weight excluding hydrogens is 218 g/mol. The van der Waals surface area contributed by atoms with Crippen molar-refractivity contribution in [1.82, 2.24) is 4.98 Å². The molecule has 0 aliphatic heterocycles. The van der Waals surface area contributed by atoms with Crippen molar-refractivity contribution in [2.24, 2.45) is 0 Å². The van der Waals surface area contributed by atoms with E-state index in [0.717, 1.165) is 28.6 Å². The van der Waals surface area contributed by atoms with Crippen molar-refractivity contribution in [2.75, 3.05) is 17.7 Å². The third-order valence-corrected chi connectivity index (χ3v) is 3.22. The summed E-state index contributed by atoms with van der Waals surface area (Å²) in [6.07, 6.45) is 0. The summed E-state index contributed by atoms with van der Waals surface area (Å²) < 4.78 is 0. The van der Waals surface area contributed by atoms with Gasteiger partial charge in [0.15, 0.2) is 0 Å². The van der Waals surface area contributed by atoms with Crippen LogP contribution in [0.3, 0.4) is 0 Å². The summed E-state index contributed by atoms with van der Waals surface area (Å²) in [7, 11) is 2.06. The highest BCUT2D eigenvalue weighted by molar-refractivity contribution is 7.09. The normalized spacial score (nSPS) is 10.4. The first-order valence-electron chi connectivity index (χ1n) is 5.13. The lowest BCUT2D eigenvalue weighted by Gasteiger charge is -2.18. The molecule has 0 aliphatic rings. The molecule has 2 N–H and O–H groups in total. The Morgan fingerprint density at radius 2 is 2.00 bits per heavy atom. The Morgan fingerprint density at radius 3 is 2.56 bits per heavy atom. The monoisotopic (exact) mass is 233 g/mol. The summed E-state index contributed by atoms with van der Waals surface area (Å²) in [5, 5.41) is 3.21. The van der Waals surface area contributed by atoms with Crippen LogP contribution >= 0.6 is 11.3 Å². The second kappa shape index (κ2) is 4.53.